The number of nitrogens with zero attached hydrogens (tertiary/aromatic N) is 3. The number of nitrogen functional groups attached to an aromatic ring is 1. The predicted octanol–water partition coefficient (Wildman–Crippen LogP) is 2.09. The SMILES string of the molecule is CC(C)OC(=O)[C@H](C)NP(=O)(OC[C@H]1O[C@@H](n2cnc3c(=O)[nH]c(N)nc32)[C@](C)(Cl)[C@@H]1O)Oc1ccccc1. The number of nitrogens with two attached hydrogens (primary N) is 1. The Bertz CT molecular complexity index is 1430. The van der Waals surface area contributed by atoms with Crippen molar-refractivity contribution < 1.29 is 33.0 Å². The van der Waals surface area contributed by atoms with E-state index in [0.717, 1.165) is 0 Å². The third kappa shape index (κ3) is 6.26. The van der Waals surface area contributed by atoms with Crippen molar-refractivity contribution in [3.8, 4) is 5.75 Å². The first kappa shape index (κ1) is 29.0. The minimum absolute atomic E-state index is 0.00156. The van der Waals surface area contributed by atoms with Gasteiger partial charge in [-0.25, -0.2) is 9.55 Å². The number of H-pyrrole nitrogens is 1. The molecule has 4 rings (SSSR count). The van der Waals surface area contributed by atoms with Crippen LogP contribution in [0.5, 0.6) is 5.75 Å². The highest BCUT2D eigenvalue weighted by Crippen LogP contribution is 2.48. The first-order valence-corrected chi connectivity index (χ1v) is 13.9. The Morgan fingerprint density at radius 3 is 2.72 bits per heavy atom. The monoisotopic (exact) mass is 584 g/mol. The zero-order valence-electron chi connectivity index (χ0n) is 21.6. The van der Waals surface area contributed by atoms with Gasteiger partial charge in [-0.05, 0) is 39.8 Å². The third-order valence-electron chi connectivity index (χ3n) is 5.86. The summed E-state index contributed by atoms with van der Waals surface area (Å²) in [5.74, 6) is -0.589. The van der Waals surface area contributed by atoms with E-state index >= 15 is 0 Å². The molecule has 0 spiro atoms. The quantitative estimate of drug-likeness (QED) is 0.154. The number of anilines is 1. The van der Waals surface area contributed by atoms with Gasteiger partial charge in [0.25, 0.3) is 5.56 Å². The summed E-state index contributed by atoms with van der Waals surface area (Å²) in [6.07, 6.45) is -2.61. The molecule has 1 fully saturated rings. The molecule has 0 amide bonds. The number of aliphatic hydroxyl groups is 1. The molecule has 3 aromatic rings. The van der Waals surface area contributed by atoms with Crippen molar-refractivity contribution in [2.75, 3.05) is 12.3 Å². The van der Waals surface area contributed by atoms with Crippen molar-refractivity contribution >= 4 is 42.4 Å². The lowest BCUT2D eigenvalue weighted by molar-refractivity contribution is -0.149. The fourth-order valence-electron chi connectivity index (χ4n) is 3.97. The predicted molar refractivity (Wildman–Crippen MR) is 141 cm³/mol. The largest absolute Gasteiger partial charge is 0.462 e. The van der Waals surface area contributed by atoms with Crippen molar-refractivity contribution in [1.29, 1.82) is 0 Å². The molecule has 0 radical (unpaired) electrons. The molecule has 0 saturated carbocycles. The number of aliphatic hydroxyl groups excluding tert-OH is 1. The number of nitrogens with one attached hydrogen (secondary N) is 2. The molecule has 1 aliphatic heterocycles. The molecule has 1 unspecified atom stereocenters. The van der Waals surface area contributed by atoms with Crippen molar-refractivity contribution in [2.24, 2.45) is 0 Å². The molecule has 16 heteroatoms. The van der Waals surface area contributed by atoms with Gasteiger partial charge in [0.1, 0.15) is 28.9 Å². The number of benzene rings is 1. The molecular formula is C23H30ClN6O8P. The molecular weight excluding hydrogens is 555 g/mol. The van der Waals surface area contributed by atoms with E-state index in [4.69, 9.17) is 35.9 Å². The van der Waals surface area contributed by atoms with Gasteiger partial charge < -0.3 is 24.8 Å². The maximum atomic E-state index is 13.8. The summed E-state index contributed by atoms with van der Waals surface area (Å²) < 4.78 is 37.6. The number of halogens is 1. The summed E-state index contributed by atoms with van der Waals surface area (Å²) >= 11 is 6.70. The number of imidazole rings is 1. The third-order valence-corrected chi connectivity index (χ3v) is 7.91. The van der Waals surface area contributed by atoms with Crippen LogP contribution in [0.15, 0.2) is 41.5 Å². The van der Waals surface area contributed by atoms with Crippen LogP contribution >= 0.6 is 19.3 Å². The van der Waals surface area contributed by atoms with E-state index in [1.807, 2.05) is 0 Å². The molecule has 3 heterocycles. The Balaban J connectivity index is 1.56. The minimum Gasteiger partial charge on any atom is -0.462 e. The van der Waals surface area contributed by atoms with E-state index in [-0.39, 0.29) is 22.9 Å². The number of ether oxygens (including phenoxy) is 2. The molecule has 5 N–H and O–H groups in total. The lowest BCUT2D eigenvalue weighted by atomic mass is 10.0. The topological polar surface area (TPSA) is 193 Å². The van der Waals surface area contributed by atoms with Crippen LogP contribution in [-0.2, 0) is 23.4 Å². The Kier molecular flexibility index (Phi) is 8.36. The van der Waals surface area contributed by atoms with E-state index in [9.17, 15) is 19.3 Å². The fourth-order valence-corrected chi connectivity index (χ4v) is 5.77. The van der Waals surface area contributed by atoms with Crippen LogP contribution < -0.4 is 20.9 Å². The summed E-state index contributed by atoms with van der Waals surface area (Å²) in [5, 5.41) is 13.6. The number of aromatic amines is 1. The first-order valence-electron chi connectivity index (χ1n) is 12.0. The normalized spacial score (nSPS) is 25.5. The summed E-state index contributed by atoms with van der Waals surface area (Å²) in [6.45, 7) is 5.89. The molecule has 1 saturated heterocycles. The second-order valence-corrected chi connectivity index (χ2v) is 11.9. The van der Waals surface area contributed by atoms with Gasteiger partial charge in [-0.15, -0.1) is 11.6 Å². The standard InChI is InChI=1S/C23H30ClN6O8P/c1-12(2)36-20(33)13(3)29-39(34,38-14-8-6-5-7-9-14)35-10-15-17(31)23(4,24)21(37-15)30-11-26-16-18(30)27-22(25)28-19(16)32/h5-9,11-13,15,17,21,31H,10H2,1-4H3,(H,29,34)(H3,25,27,28,32)/t13-,15+,17+,21+,23+,39?/m0/s1. The smallest absolute Gasteiger partial charge is 0.459 e. The summed E-state index contributed by atoms with van der Waals surface area (Å²) in [7, 11) is -4.23. The fraction of sp³-hybridized carbons (Fsp3) is 0.478. The zero-order chi connectivity index (χ0) is 28.5. The second-order valence-electron chi connectivity index (χ2n) is 9.43. The second kappa shape index (κ2) is 11.2. The van der Waals surface area contributed by atoms with Gasteiger partial charge in [0, 0.05) is 0 Å². The van der Waals surface area contributed by atoms with Crippen LogP contribution in [0.2, 0.25) is 0 Å². The number of rotatable bonds is 10. The number of hydrogen-bond acceptors (Lipinski definition) is 11. The summed E-state index contributed by atoms with van der Waals surface area (Å²) in [5.41, 5.74) is 5.23. The Morgan fingerprint density at radius 1 is 1.36 bits per heavy atom. The number of para-hydroxylation sites is 1. The minimum atomic E-state index is -4.23. The van der Waals surface area contributed by atoms with E-state index in [0.29, 0.717) is 0 Å². The highest BCUT2D eigenvalue weighted by Gasteiger charge is 2.54. The van der Waals surface area contributed by atoms with Crippen LogP contribution in [0.25, 0.3) is 11.2 Å². The number of alkyl halides is 1. The number of carbonyl (C=O) groups is 1. The molecule has 212 valence electrons. The number of aromatic nitrogens is 4. The highest BCUT2D eigenvalue weighted by atomic mass is 35.5. The molecule has 0 bridgehead atoms. The average Bonchev–Trinajstić information content (AvgIpc) is 3.36. The van der Waals surface area contributed by atoms with Gasteiger partial charge in [-0.2, -0.15) is 10.1 Å². The first-order chi connectivity index (χ1) is 18.3. The highest BCUT2D eigenvalue weighted by molar-refractivity contribution is 7.52. The molecule has 2 aromatic heterocycles. The van der Waals surface area contributed by atoms with Crippen LogP contribution in [0.4, 0.5) is 5.95 Å². The van der Waals surface area contributed by atoms with E-state index < -0.39 is 61.3 Å². The number of hydrogen-bond donors (Lipinski definition) is 4. The lowest BCUT2D eigenvalue weighted by Gasteiger charge is -2.26. The van der Waals surface area contributed by atoms with E-state index in [1.165, 1.54) is 24.7 Å². The Morgan fingerprint density at radius 2 is 2.05 bits per heavy atom. The van der Waals surface area contributed by atoms with Crippen molar-refractivity contribution in [3.63, 3.8) is 0 Å². The molecule has 1 aliphatic rings. The maximum Gasteiger partial charge on any atom is 0.459 e. The lowest BCUT2D eigenvalue weighted by Crippen LogP contribution is -2.40. The summed E-state index contributed by atoms with van der Waals surface area (Å²) in [6, 6.07) is 7.15. The molecule has 14 nitrogen and oxygen atoms in total. The van der Waals surface area contributed by atoms with Gasteiger partial charge in [0.2, 0.25) is 5.95 Å². The number of carbonyl (C=O) groups excluding carboxylic acids is 1. The van der Waals surface area contributed by atoms with Crippen LogP contribution in [0.3, 0.4) is 0 Å². The van der Waals surface area contributed by atoms with Gasteiger partial charge in [-0.3, -0.25) is 23.7 Å². The van der Waals surface area contributed by atoms with Gasteiger partial charge in [-0.1, -0.05) is 18.2 Å². The van der Waals surface area contributed by atoms with E-state index in [2.05, 4.69) is 20.0 Å². The van der Waals surface area contributed by atoms with Crippen LogP contribution in [-0.4, -0.2) is 66.4 Å². The molecule has 6 atom stereocenters. The molecule has 1 aromatic carbocycles. The number of esters is 1. The van der Waals surface area contributed by atoms with Crippen LogP contribution in [0.1, 0.15) is 33.9 Å². The van der Waals surface area contributed by atoms with Crippen molar-refractivity contribution in [1.82, 2.24) is 24.6 Å². The Hall–Kier alpha value is -3.00. The zero-order valence-corrected chi connectivity index (χ0v) is 23.3. The summed E-state index contributed by atoms with van der Waals surface area (Å²) in [4.78, 5) is 33.6. The molecule has 0 aliphatic carbocycles. The number of fused-ring (bicyclic) bond motifs is 1. The maximum absolute atomic E-state index is 13.8. The van der Waals surface area contributed by atoms with Gasteiger partial charge in [0.15, 0.2) is 17.4 Å². The Labute approximate surface area is 228 Å². The van der Waals surface area contributed by atoms with Gasteiger partial charge >= 0.3 is 13.7 Å². The van der Waals surface area contributed by atoms with Crippen LogP contribution in [0, 0.1) is 0 Å². The average molecular weight is 585 g/mol. The van der Waals surface area contributed by atoms with Gasteiger partial charge in [0.05, 0.1) is 19.0 Å². The van der Waals surface area contributed by atoms with E-state index in [1.54, 1.807) is 44.2 Å². The van der Waals surface area contributed by atoms with Crippen molar-refractivity contribution in [3.05, 3.63) is 47.0 Å². The molecule has 39 heavy (non-hydrogen) atoms. The van der Waals surface area contributed by atoms with Crippen molar-refractivity contribution in [2.45, 2.75) is 63.2 Å².